The van der Waals surface area contributed by atoms with Gasteiger partial charge in [0.25, 0.3) is 0 Å². The van der Waals surface area contributed by atoms with Gasteiger partial charge in [-0.3, -0.25) is 0 Å². The van der Waals surface area contributed by atoms with E-state index in [4.69, 9.17) is 27.9 Å². The van der Waals surface area contributed by atoms with Gasteiger partial charge in [0.1, 0.15) is 12.4 Å². The van der Waals surface area contributed by atoms with Crippen molar-refractivity contribution in [1.29, 1.82) is 0 Å². The van der Waals surface area contributed by atoms with Gasteiger partial charge in [0.05, 0.1) is 19.1 Å². The quantitative estimate of drug-likeness (QED) is 0.547. The molecule has 0 amide bonds. The Labute approximate surface area is 119 Å². The Morgan fingerprint density at radius 3 is 2.53 bits per heavy atom. The molecule has 0 saturated heterocycles. The molecule has 1 rings (SSSR count). The lowest BCUT2D eigenvalue weighted by atomic mass is 10.2. The highest BCUT2D eigenvalue weighted by atomic mass is 35.5. The zero-order valence-electron chi connectivity index (χ0n) is 9.97. The molecule has 0 heterocycles. The largest absolute Gasteiger partial charge is 0.493 e. The number of rotatable bonds is 7. The minimum Gasteiger partial charge on any atom is -0.493 e. The molecule has 0 atom stereocenters. The predicted octanol–water partition coefficient (Wildman–Crippen LogP) is 4.43. The third kappa shape index (κ3) is 6.89. The zero-order valence-corrected chi connectivity index (χ0v) is 11.5. The first-order chi connectivity index (χ1) is 8.92. The van der Waals surface area contributed by atoms with E-state index in [2.05, 4.69) is 4.74 Å². The monoisotopic (exact) mass is 316 g/mol. The van der Waals surface area contributed by atoms with Crippen LogP contribution < -0.4 is 4.74 Å². The van der Waals surface area contributed by atoms with Crippen molar-refractivity contribution in [2.75, 3.05) is 19.8 Å². The molecule has 0 bridgehead atoms. The molecule has 0 aliphatic rings. The minimum atomic E-state index is -4.29. The molecule has 0 radical (unpaired) electrons. The van der Waals surface area contributed by atoms with Gasteiger partial charge in [-0.2, -0.15) is 13.2 Å². The molecule has 0 saturated carbocycles. The number of hydrogen-bond acceptors (Lipinski definition) is 2. The summed E-state index contributed by atoms with van der Waals surface area (Å²) in [5, 5.41) is 0.552. The van der Waals surface area contributed by atoms with Gasteiger partial charge < -0.3 is 9.47 Å². The second-order valence-corrected chi connectivity index (χ2v) is 4.46. The Balaban J connectivity index is 2.26. The third-order valence-electron chi connectivity index (χ3n) is 2.12. The molecule has 7 heteroatoms. The fourth-order valence-electron chi connectivity index (χ4n) is 1.32. The maximum atomic E-state index is 11.8. The Bertz CT molecular complexity index is 397. The van der Waals surface area contributed by atoms with E-state index in [9.17, 15) is 13.2 Å². The molecule has 19 heavy (non-hydrogen) atoms. The summed E-state index contributed by atoms with van der Waals surface area (Å²) in [5.74, 6) is 0.829. The van der Waals surface area contributed by atoms with Crippen molar-refractivity contribution < 1.29 is 22.6 Å². The molecule has 0 spiro atoms. The number of alkyl halides is 4. The van der Waals surface area contributed by atoms with Crippen LogP contribution >= 0.6 is 23.2 Å². The molecule has 0 N–H and O–H groups in total. The van der Waals surface area contributed by atoms with E-state index in [-0.39, 0.29) is 19.1 Å². The van der Waals surface area contributed by atoms with Crippen LogP contribution in [0.25, 0.3) is 0 Å². The van der Waals surface area contributed by atoms with Crippen LogP contribution in [0.5, 0.6) is 5.75 Å². The standard InChI is InChI=1S/C12H13Cl2F3O2/c13-7-9-6-10(14)2-3-11(9)19-5-1-4-18-8-12(15,16)17/h2-3,6H,1,4-5,7-8H2. The van der Waals surface area contributed by atoms with Gasteiger partial charge in [-0.05, 0) is 18.2 Å². The molecule has 0 unspecified atom stereocenters. The lowest BCUT2D eigenvalue weighted by molar-refractivity contribution is -0.174. The highest BCUT2D eigenvalue weighted by molar-refractivity contribution is 6.30. The first kappa shape index (κ1) is 16.4. The van der Waals surface area contributed by atoms with Crippen molar-refractivity contribution in [2.45, 2.75) is 18.5 Å². The first-order valence-electron chi connectivity index (χ1n) is 5.54. The molecule has 0 aliphatic carbocycles. The lowest BCUT2D eigenvalue weighted by Crippen LogP contribution is -2.18. The van der Waals surface area contributed by atoms with E-state index < -0.39 is 12.8 Å². The highest BCUT2D eigenvalue weighted by Gasteiger charge is 2.27. The number of ether oxygens (including phenoxy) is 2. The summed E-state index contributed by atoms with van der Waals surface area (Å²) in [4.78, 5) is 0. The normalized spacial score (nSPS) is 11.6. The fourth-order valence-corrected chi connectivity index (χ4v) is 1.73. The Hall–Kier alpha value is -0.650. The van der Waals surface area contributed by atoms with Crippen LogP contribution in [-0.4, -0.2) is 26.0 Å². The first-order valence-corrected chi connectivity index (χ1v) is 6.45. The molecular weight excluding hydrogens is 304 g/mol. The molecular formula is C12H13Cl2F3O2. The average molecular weight is 317 g/mol. The van der Waals surface area contributed by atoms with Gasteiger partial charge in [0.2, 0.25) is 0 Å². The Morgan fingerprint density at radius 2 is 1.89 bits per heavy atom. The fraction of sp³-hybridized carbons (Fsp3) is 0.500. The van der Waals surface area contributed by atoms with Gasteiger partial charge in [-0.15, -0.1) is 11.6 Å². The lowest BCUT2D eigenvalue weighted by Gasteiger charge is -2.11. The summed E-state index contributed by atoms with van der Waals surface area (Å²) in [6, 6.07) is 5.02. The van der Waals surface area contributed by atoms with Crippen molar-refractivity contribution in [1.82, 2.24) is 0 Å². The summed E-state index contributed by atoms with van der Waals surface area (Å²) in [7, 11) is 0. The van der Waals surface area contributed by atoms with E-state index in [0.29, 0.717) is 17.2 Å². The van der Waals surface area contributed by atoms with Crippen LogP contribution in [0.1, 0.15) is 12.0 Å². The van der Waals surface area contributed by atoms with E-state index in [1.807, 2.05) is 0 Å². The topological polar surface area (TPSA) is 18.5 Å². The van der Waals surface area contributed by atoms with Crippen LogP contribution in [0.15, 0.2) is 18.2 Å². The number of hydrogen-bond donors (Lipinski definition) is 0. The molecule has 0 aromatic heterocycles. The molecule has 2 nitrogen and oxygen atoms in total. The van der Waals surface area contributed by atoms with Gasteiger partial charge in [0.15, 0.2) is 0 Å². The number of benzene rings is 1. The van der Waals surface area contributed by atoms with Gasteiger partial charge in [0, 0.05) is 17.0 Å². The second kappa shape index (κ2) is 7.82. The molecule has 108 valence electrons. The van der Waals surface area contributed by atoms with Crippen LogP contribution in [0, 0.1) is 0 Å². The Kier molecular flexibility index (Phi) is 6.75. The van der Waals surface area contributed by atoms with E-state index in [1.54, 1.807) is 18.2 Å². The molecule has 0 fully saturated rings. The third-order valence-corrected chi connectivity index (χ3v) is 2.65. The zero-order chi connectivity index (χ0) is 14.3. The van der Waals surface area contributed by atoms with Gasteiger partial charge >= 0.3 is 6.18 Å². The average Bonchev–Trinajstić information content (AvgIpc) is 2.33. The van der Waals surface area contributed by atoms with Crippen LogP contribution in [-0.2, 0) is 10.6 Å². The summed E-state index contributed by atoms with van der Waals surface area (Å²) in [5.41, 5.74) is 0.741. The molecule has 0 aliphatic heterocycles. The predicted molar refractivity (Wildman–Crippen MR) is 68.0 cm³/mol. The van der Waals surface area contributed by atoms with E-state index in [1.165, 1.54) is 0 Å². The van der Waals surface area contributed by atoms with E-state index in [0.717, 1.165) is 5.56 Å². The van der Waals surface area contributed by atoms with E-state index >= 15 is 0 Å². The maximum absolute atomic E-state index is 11.8. The van der Waals surface area contributed by atoms with Crippen molar-refractivity contribution in [3.63, 3.8) is 0 Å². The van der Waals surface area contributed by atoms with Crippen LogP contribution in [0.4, 0.5) is 13.2 Å². The highest BCUT2D eigenvalue weighted by Crippen LogP contribution is 2.24. The van der Waals surface area contributed by atoms with Crippen molar-refractivity contribution in [3.05, 3.63) is 28.8 Å². The minimum absolute atomic E-state index is 0.0106. The summed E-state index contributed by atoms with van der Waals surface area (Å²) in [6.07, 6.45) is -3.93. The van der Waals surface area contributed by atoms with Crippen LogP contribution in [0.2, 0.25) is 5.02 Å². The van der Waals surface area contributed by atoms with Gasteiger partial charge in [-0.1, -0.05) is 11.6 Å². The molecule has 1 aromatic rings. The Morgan fingerprint density at radius 1 is 1.16 bits per heavy atom. The smallest absolute Gasteiger partial charge is 0.411 e. The molecule has 1 aromatic carbocycles. The SMILES string of the molecule is FC(F)(F)COCCCOc1ccc(Cl)cc1CCl. The van der Waals surface area contributed by atoms with Crippen molar-refractivity contribution >= 4 is 23.2 Å². The summed E-state index contributed by atoms with van der Waals surface area (Å²) >= 11 is 11.5. The summed E-state index contributed by atoms with van der Waals surface area (Å²) < 4.78 is 45.2. The second-order valence-electron chi connectivity index (χ2n) is 3.76. The van der Waals surface area contributed by atoms with Gasteiger partial charge in [-0.25, -0.2) is 0 Å². The summed E-state index contributed by atoms with van der Waals surface area (Å²) in [6.45, 7) is -0.992. The van der Waals surface area contributed by atoms with Crippen molar-refractivity contribution in [2.24, 2.45) is 0 Å². The van der Waals surface area contributed by atoms with Crippen LogP contribution in [0.3, 0.4) is 0 Å². The number of halogens is 5. The maximum Gasteiger partial charge on any atom is 0.411 e. The van der Waals surface area contributed by atoms with Crippen molar-refractivity contribution in [3.8, 4) is 5.75 Å².